The monoisotopic (exact) mass is 283 g/mol. The number of nitrogens with zero attached hydrogens (tertiary/aromatic N) is 1. The van der Waals surface area contributed by atoms with E-state index in [1.807, 2.05) is 12.3 Å². The van der Waals surface area contributed by atoms with Crippen molar-refractivity contribution in [3.8, 4) is 0 Å². The summed E-state index contributed by atoms with van der Waals surface area (Å²) in [5.41, 5.74) is -0.709. The number of rotatable bonds is 5. The second kappa shape index (κ2) is 6.01. The van der Waals surface area contributed by atoms with Crippen molar-refractivity contribution < 1.29 is 14.3 Å². The Labute approximate surface area is 118 Å². The Kier molecular flexibility index (Phi) is 4.58. The highest BCUT2D eigenvalue weighted by molar-refractivity contribution is 7.97. The van der Waals surface area contributed by atoms with Gasteiger partial charge in [-0.25, -0.2) is 0 Å². The summed E-state index contributed by atoms with van der Waals surface area (Å²) in [6.45, 7) is 0.379. The van der Waals surface area contributed by atoms with Gasteiger partial charge in [-0.3, -0.25) is 4.79 Å². The van der Waals surface area contributed by atoms with E-state index in [-0.39, 0.29) is 5.91 Å². The fourth-order valence-electron chi connectivity index (χ4n) is 2.61. The zero-order chi connectivity index (χ0) is 13.9. The summed E-state index contributed by atoms with van der Waals surface area (Å²) in [6.07, 6.45) is 5.63. The van der Waals surface area contributed by atoms with Crippen LogP contribution in [-0.2, 0) is 5.75 Å². The number of carbonyl (C=O) groups excluding carboxylic acids is 1. The van der Waals surface area contributed by atoms with Crippen LogP contribution in [0.5, 0.6) is 0 Å². The number of hydrogen-bond acceptors (Lipinski definition) is 4. The van der Waals surface area contributed by atoms with Gasteiger partial charge in [-0.1, -0.05) is 12.8 Å². The summed E-state index contributed by atoms with van der Waals surface area (Å²) in [5.74, 6) is 1.77. The molecule has 0 saturated heterocycles. The molecule has 0 radical (unpaired) electrons. The average molecular weight is 283 g/mol. The summed E-state index contributed by atoms with van der Waals surface area (Å²) in [6, 6.07) is 3.55. The van der Waals surface area contributed by atoms with E-state index in [9.17, 15) is 9.90 Å². The zero-order valence-corrected chi connectivity index (χ0v) is 12.3. The molecule has 1 amide bonds. The summed E-state index contributed by atoms with van der Waals surface area (Å²) in [5, 5.41) is 10.3. The predicted molar refractivity (Wildman–Crippen MR) is 76.3 cm³/mol. The number of thioether (sulfide) groups is 1. The van der Waals surface area contributed by atoms with Crippen LogP contribution in [0.25, 0.3) is 0 Å². The van der Waals surface area contributed by atoms with E-state index in [4.69, 9.17) is 4.42 Å². The fraction of sp³-hybridized carbons (Fsp3) is 0.643. The molecule has 0 bridgehead atoms. The lowest BCUT2D eigenvalue weighted by atomic mass is 10.0. The van der Waals surface area contributed by atoms with Crippen molar-refractivity contribution in [3.63, 3.8) is 0 Å². The third kappa shape index (κ3) is 3.54. The van der Waals surface area contributed by atoms with Crippen LogP contribution in [0.2, 0.25) is 0 Å². The van der Waals surface area contributed by atoms with E-state index in [1.165, 1.54) is 0 Å². The Morgan fingerprint density at radius 3 is 2.79 bits per heavy atom. The number of hydrogen-bond donors (Lipinski definition) is 1. The van der Waals surface area contributed by atoms with E-state index in [1.54, 1.807) is 29.8 Å². The highest BCUT2D eigenvalue weighted by atomic mass is 32.2. The van der Waals surface area contributed by atoms with Gasteiger partial charge in [0, 0.05) is 13.6 Å². The van der Waals surface area contributed by atoms with Crippen molar-refractivity contribution in [1.82, 2.24) is 4.90 Å². The quantitative estimate of drug-likeness (QED) is 0.902. The molecule has 0 atom stereocenters. The van der Waals surface area contributed by atoms with Crippen LogP contribution < -0.4 is 0 Å². The molecule has 1 fully saturated rings. The van der Waals surface area contributed by atoms with Crippen molar-refractivity contribution in [2.45, 2.75) is 37.0 Å². The zero-order valence-electron chi connectivity index (χ0n) is 11.5. The summed E-state index contributed by atoms with van der Waals surface area (Å²) in [7, 11) is 1.72. The molecule has 5 heteroatoms. The largest absolute Gasteiger partial charge is 0.455 e. The van der Waals surface area contributed by atoms with Gasteiger partial charge >= 0.3 is 0 Å². The molecule has 0 unspecified atom stereocenters. The van der Waals surface area contributed by atoms with Gasteiger partial charge in [0.05, 0.1) is 11.4 Å². The second-order valence-corrected chi connectivity index (χ2v) is 6.16. The minimum absolute atomic E-state index is 0.160. The molecule has 0 aromatic carbocycles. The van der Waals surface area contributed by atoms with Crippen LogP contribution in [0.15, 0.2) is 16.5 Å². The molecule has 1 aromatic rings. The molecule has 106 valence electrons. The molecule has 1 aromatic heterocycles. The third-order valence-corrected chi connectivity index (χ3v) is 4.14. The molecule has 2 rings (SSSR count). The van der Waals surface area contributed by atoms with Crippen molar-refractivity contribution in [2.75, 3.05) is 19.8 Å². The minimum atomic E-state index is -0.709. The van der Waals surface area contributed by atoms with E-state index < -0.39 is 5.60 Å². The fourth-order valence-corrected chi connectivity index (χ4v) is 3.04. The standard InChI is InChI=1S/C14H21NO3S/c1-15(10-14(17)7-3-4-8-14)13(16)12-6-5-11(18-12)9-19-2/h5-6,17H,3-4,7-10H2,1-2H3. The first kappa shape index (κ1) is 14.5. The molecule has 4 nitrogen and oxygen atoms in total. The molecular formula is C14H21NO3S. The van der Waals surface area contributed by atoms with E-state index in [0.29, 0.717) is 12.3 Å². The van der Waals surface area contributed by atoms with E-state index >= 15 is 0 Å². The van der Waals surface area contributed by atoms with Crippen LogP contribution in [0, 0.1) is 0 Å². The topological polar surface area (TPSA) is 53.7 Å². The van der Waals surface area contributed by atoms with Crippen molar-refractivity contribution in [3.05, 3.63) is 23.7 Å². The van der Waals surface area contributed by atoms with Crippen LogP contribution in [0.1, 0.15) is 42.0 Å². The number of furan rings is 1. The van der Waals surface area contributed by atoms with Gasteiger partial charge in [-0.15, -0.1) is 0 Å². The van der Waals surface area contributed by atoms with Crippen molar-refractivity contribution in [1.29, 1.82) is 0 Å². The first-order chi connectivity index (χ1) is 9.04. The van der Waals surface area contributed by atoms with Crippen molar-refractivity contribution in [2.24, 2.45) is 0 Å². The molecule has 1 heterocycles. The van der Waals surface area contributed by atoms with Crippen LogP contribution >= 0.6 is 11.8 Å². The van der Waals surface area contributed by atoms with E-state index in [0.717, 1.165) is 37.2 Å². The summed E-state index contributed by atoms with van der Waals surface area (Å²) < 4.78 is 5.51. The normalized spacial score (nSPS) is 17.6. The molecule has 1 saturated carbocycles. The Bertz CT molecular complexity index is 438. The van der Waals surface area contributed by atoms with Gasteiger partial charge in [-0.05, 0) is 31.2 Å². The second-order valence-electron chi connectivity index (χ2n) is 5.29. The third-order valence-electron chi connectivity index (χ3n) is 3.57. The SMILES string of the molecule is CSCc1ccc(C(=O)N(C)CC2(O)CCCC2)o1. The molecular weight excluding hydrogens is 262 g/mol. The lowest BCUT2D eigenvalue weighted by Crippen LogP contribution is -2.41. The van der Waals surface area contributed by atoms with Crippen molar-refractivity contribution >= 4 is 17.7 Å². The lowest BCUT2D eigenvalue weighted by molar-refractivity contribution is 0.0146. The van der Waals surface area contributed by atoms with Crippen LogP contribution in [-0.4, -0.2) is 41.4 Å². The Balaban J connectivity index is 1.97. The maximum absolute atomic E-state index is 12.2. The lowest BCUT2D eigenvalue weighted by Gasteiger charge is -2.28. The Hall–Kier alpha value is -0.940. The smallest absolute Gasteiger partial charge is 0.289 e. The molecule has 1 N–H and O–H groups in total. The first-order valence-electron chi connectivity index (χ1n) is 6.59. The van der Waals surface area contributed by atoms with Gasteiger partial charge in [0.2, 0.25) is 0 Å². The minimum Gasteiger partial charge on any atom is -0.455 e. The molecule has 19 heavy (non-hydrogen) atoms. The Morgan fingerprint density at radius 1 is 1.47 bits per heavy atom. The maximum atomic E-state index is 12.2. The first-order valence-corrected chi connectivity index (χ1v) is 7.99. The number of likely N-dealkylation sites (N-methyl/N-ethyl adjacent to an activating group) is 1. The summed E-state index contributed by atoms with van der Waals surface area (Å²) in [4.78, 5) is 13.8. The maximum Gasteiger partial charge on any atom is 0.289 e. The van der Waals surface area contributed by atoms with Crippen LogP contribution in [0.4, 0.5) is 0 Å². The van der Waals surface area contributed by atoms with Gasteiger partial charge in [0.1, 0.15) is 5.76 Å². The number of carbonyl (C=O) groups is 1. The highest BCUT2D eigenvalue weighted by Gasteiger charge is 2.34. The number of amides is 1. The Morgan fingerprint density at radius 2 is 2.16 bits per heavy atom. The average Bonchev–Trinajstić information content (AvgIpc) is 2.98. The number of aliphatic hydroxyl groups is 1. The van der Waals surface area contributed by atoms with Crippen LogP contribution in [0.3, 0.4) is 0 Å². The molecule has 1 aliphatic rings. The highest BCUT2D eigenvalue weighted by Crippen LogP contribution is 2.30. The van der Waals surface area contributed by atoms with E-state index in [2.05, 4.69) is 0 Å². The van der Waals surface area contributed by atoms with Gasteiger partial charge in [0.25, 0.3) is 5.91 Å². The predicted octanol–water partition coefficient (Wildman–Crippen LogP) is 2.52. The van der Waals surface area contributed by atoms with Gasteiger partial charge in [0.15, 0.2) is 5.76 Å². The van der Waals surface area contributed by atoms with Gasteiger partial charge in [-0.2, -0.15) is 11.8 Å². The summed E-state index contributed by atoms with van der Waals surface area (Å²) >= 11 is 1.66. The molecule has 0 aliphatic heterocycles. The molecule has 0 spiro atoms. The van der Waals surface area contributed by atoms with Gasteiger partial charge < -0.3 is 14.4 Å². The molecule has 1 aliphatic carbocycles.